The molecule has 3 rings (SSSR count). The molecule has 0 spiro atoms. The molecule has 0 bridgehead atoms. The smallest absolute Gasteiger partial charge is 0.354 e. The van der Waals surface area contributed by atoms with Crippen LogP contribution >= 0.6 is 0 Å². The fourth-order valence-electron chi connectivity index (χ4n) is 3.29. The first-order valence-corrected chi connectivity index (χ1v) is 8.22. The number of carbonyl (C=O) groups excluding carboxylic acids is 1. The molecule has 0 saturated carbocycles. The molecule has 2 heterocycles. The first kappa shape index (κ1) is 17.0. The van der Waals surface area contributed by atoms with E-state index in [0.29, 0.717) is 18.5 Å². The van der Waals surface area contributed by atoms with Crippen molar-refractivity contribution in [1.82, 2.24) is 9.88 Å². The third kappa shape index (κ3) is 3.63. The van der Waals surface area contributed by atoms with Gasteiger partial charge in [-0.2, -0.15) is 0 Å². The lowest BCUT2D eigenvalue weighted by atomic mass is 10.0. The number of aromatic carboxylic acids is 1. The number of rotatable bonds is 5. The van der Waals surface area contributed by atoms with E-state index in [0.717, 1.165) is 24.2 Å². The molecule has 1 aliphatic heterocycles. The molecule has 1 N–H and O–H groups in total. The summed E-state index contributed by atoms with van der Waals surface area (Å²) in [4.78, 5) is 29.5. The van der Waals surface area contributed by atoms with Crippen LogP contribution < -0.4 is 4.74 Å². The Morgan fingerprint density at radius 3 is 2.88 bits per heavy atom. The van der Waals surface area contributed by atoms with Gasteiger partial charge in [0.2, 0.25) is 0 Å². The molecule has 0 unspecified atom stereocenters. The van der Waals surface area contributed by atoms with Gasteiger partial charge in [0.05, 0.1) is 7.11 Å². The summed E-state index contributed by atoms with van der Waals surface area (Å²) in [6, 6.07) is 10.8. The number of carboxylic acids is 1. The first-order chi connectivity index (χ1) is 12.1. The maximum atomic E-state index is 12.9. The lowest BCUT2D eigenvalue weighted by Gasteiger charge is -2.25. The molecule has 0 aliphatic carbocycles. The van der Waals surface area contributed by atoms with Gasteiger partial charge in [-0.1, -0.05) is 18.2 Å². The topological polar surface area (TPSA) is 79.7 Å². The highest BCUT2D eigenvalue weighted by Gasteiger charge is 2.30. The summed E-state index contributed by atoms with van der Waals surface area (Å²) in [5.74, 6) is -0.470. The van der Waals surface area contributed by atoms with Crippen molar-refractivity contribution in [3.05, 3.63) is 59.4 Å². The van der Waals surface area contributed by atoms with E-state index in [-0.39, 0.29) is 17.6 Å². The van der Waals surface area contributed by atoms with Gasteiger partial charge in [0.15, 0.2) is 0 Å². The zero-order valence-electron chi connectivity index (χ0n) is 14.0. The number of aromatic nitrogens is 1. The van der Waals surface area contributed by atoms with E-state index >= 15 is 0 Å². The number of para-hydroxylation sites is 1. The standard InChI is InChI=1S/C19H20N2O4/c1-25-17-7-3-2-5-13(17)11-15-6-4-10-21(15)18(22)14-8-9-20-16(12-14)19(23)24/h2-3,5,7-9,12,15H,4,6,10-11H2,1H3,(H,23,24)/t15-/m0/s1. The third-order valence-corrected chi connectivity index (χ3v) is 4.51. The number of carboxylic acid groups (broad SMARTS) is 1. The predicted molar refractivity (Wildman–Crippen MR) is 92.0 cm³/mol. The molecule has 6 heteroatoms. The van der Waals surface area contributed by atoms with Crippen LogP contribution in [0.2, 0.25) is 0 Å². The van der Waals surface area contributed by atoms with Crippen LogP contribution in [0, 0.1) is 0 Å². The van der Waals surface area contributed by atoms with Crippen LogP contribution in [0.3, 0.4) is 0 Å². The molecular weight excluding hydrogens is 320 g/mol. The van der Waals surface area contributed by atoms with E-state index in [9.17, 15) is 9.59 Å². The van der Waals surface area contributed by atoms with Gasteiger partial charge in [0, 0.05) is 24.3 Å². The number of ether oxygens (including phenoxy) is 1. The second kappa shape index (κ2) is 7.34. The molecule has 1 aromatic carbocycles. The Bertz CT molecular complexity index is 790. The highest BCUT2D eigenvalue weighted by atomic mass is 16.5. The molecule has 130 valence electrons. The van der Waals surface area contributed by atoms with Crippen LogP contribution in [0.5, 0.6) is 5.75 Å². The summed E-state index contributed by atoms with van der Waals surface area (Å²) >= 11 is 0. The second-order valence-corrected chi connectivity index (χ2v) is 6.05. The summed E-state index contributed by atoms with van der Waals surface area (Å²) in [6.45, 7) is 0.670. The lowest BCUT2D eigenvalue weighted by molar-refractivity contribution is 0.0690. The number of amides is 1. The van der Waals surface area contributed by atoms with Crippen LogP contribution in [0.4, 0.5) is 0 Å². The van der Waals surface area contributed by atoms with Gasteiger partial charge in [-0.3, -0.25) is 4.79 Å². The minimum Gasteiger partial charge on any atom is -0.496 e. The minimum absolute atomic E-state index is 0.0743. The van der Waals surface area contributed by atoms with Gasteiger partial charge < -0.3 is 14.7 Å². The Hall–Kier alpha value is -2.89. The molecule has 1 fully saturated rings. The van der Waals surface area contributed by atoms with Crippen molar-refractivity contribution in [2.75, 3.05) is 13.7 Å². The highest BCUT2D eigenvalue weighted by molar-refractivity contribution is 5.97. The van der Waals surface area contributed by atoms with Crippen molar-refractivity contribution >= 4 is 11.9 Å². The highest BCUT2D eigenvalue weighted by Crippen LogP contribution is 2.27. The summed E-state index contributed by atoms with van der Waals surface area (Å²) in [6.07, 6.45) is 3.93. The minimum atomic E-state index is -1.14. The zero-order valence-corrected chi connectivity index (χ0v) is 14.0. The van der Waals surface area contributed by atoms with Crippen molar-refractivity contribution in [2.24, 2.45) is 0 Å². The fraction of sp³-hybridized carbons (Fsp3) is 0.316. The van der Waals surface area contributed by atoms with Gasteiger partial charge in [0.1, 0.15) is 11.4 Å². The van der Waals surface area contributed by atoms with Crippen LogP contribution in [0.25, 0.3) is 0 Å². The largest absolute Gasteiger partial charge is 0.496 e. The molecule has 1 aliphatic rings. The molecule has 6 nitrogen and oxygen atoms in total. The molecule has 1 saturated heterocycles. The van der Waals surface area contributed by atoms with E-state index in [2.05, 4.69) is 4.98 Å². The monoisotopic (exact) mass is 340 g/mol. The fourth-order valence-corrected chi connectivity index (χ4v) is 3.29. The molecule has 1 aromatic heterocycles. The van der Waals surface area contributed by atoms with Gasteiger partial charge >= 0.3 is 5.97 Å². The lowest BCUT2D eigenvalue weighted by Crippen LogP contribution is -2.37. The van der Waals surface area contributed by atoms with Crippen molar-refractivity contribution in [2.45, 2.75) is 25.3 Å². The van der Waals surface area contributed by atoms with E-state index < -0.39 is 5.97 Å². The number of hydrogen-bond donors (Lipinski definition) is 1. The van der Waals surface area contributed by atoms with Crippen molar-refractivity contribution in [3.8, 4) is 5.75 Å². The van der Waals surface area contributed by atoms with Crippen LogP contribution in [0.1, 0.15) is 39.3 Å². The van der Waals surface area contributed by atoms with Crippen molar-refractivity contribution in [3.63, 3.8) is 0 Å². The zero-order chi connectivity index (χ0) is 17.8. The summed E-state index contributed by atoms with van der Waals surface area (Å²) < 4.78 is 5.40. The Labute approximate surface area is 146 Å². The van der Waals surface area contributed by atoms with E-state index in [1.54, 1.807) is 13.2 Å². The SMILES string of the molecule is COc1ccccc1C[C@@H]1CCCN1C(=O)c1ccnc(C(=O)O)c1. The van der Waals surface area contributed by atoms with Crippen LogP contribution in [-0.4, -0.2) is 46.6 Å². The summed E-state index contributed by atoms with van der Waals surface area (Å²) in [5.41, 5.74) is 1.31. The van der Waals surface area contributed by atoms with Gasteiger partial charge in [-0.15, -0.1) is 0 Å². The Morgan fingerprint density at radius 1 is 1.32 bits per heavy atom. The van der Waals surface area contributed by atoms with Crippen molar-refractivity contribution < 1.29 is 19.4 Å². The molecule has 1 amide bonds. The Balaban J connectivity index is 1.80. The van der Waals surface area contributed by atoms with E-state index in [1.165, 1.54) is 12.3 Å². The normalized spacial score (nSPS) is 16.7. The second-order valence-electron chi connectivity index (χ2n) is 6.05. The average Bonchev–Trinajstić information content (AvgIpc) is 3.09. The summed E-state index contributed by atoms with van der Waals surface area (Å²) in [7, 11) is 1.64. The number of likely N-dealkylation sites (tertiary alicyclic amines) is 1. The molecule has 25 heavy (non-hydrogen) atoms. The maximum absolute atomic E-state index is 12.9. The van der Waals surface area contributed by atoms with E-state index in [1.807, 2.05) is 29.2 Å². The Kier molecular flexibility index (Phi) is 4.97. The van der Waals surface area contributed by atoms with Crippen LogP contribution in [-0.2, 0) is 6.42 Å². The van der Waals surface area contributed by atoms with Crippen molar-refractivity contribution in [1.29, 1.82) is 0 Å². The van der Waals surface area contributed by atoms with Gasteiger partial charge in [0.25, 0.3) is 5.91 Å². The number of methoxy groups -OCH3 is 1. The molecule has 0 radical (unpaired) electrons. The number of hydrogen-bond acceptors (Lipinski definition) is 4. The Morgan fingerprint density at radius 2 is 2.12 bits per heavy atom. The number of benzene rings is 1. The first-order valence-electron chi connectivity index (χ1n) is 8.22. The molecule has 2 aromatic rings. The average molecular weight is 340 g/mol. The van der Waals surface area contributed by atoms with Gasteiger partial charge in [-0.25, -0.2) is 9.78 Å². The van der Waals surface area contributed by atoms with Crippen LogP contribution in [0.15, 0.2) is 42.6 Å². The predicted octanol–water partition coefficient (Wildman–Crippen LogP) is 2.64. The van der Waals surface area contributed by atoms with E-state index in [4.69, 9.17) is 9.84 Å². The summed E-state index contributed by atoms with van der Waals surface area (Å²) in [5, 5.41) is 9.06. The third-order valence-electron chi connectivity index (χ3n) is 4.51. The number of pyridine rings is 1. The number of carbonyl (C=O) groups is 2. The van der Waals surface area contributed by atoms with Gasteiger partial charge in [-0.05, 0) is 43.0 Å². The number of nitrogens with zero attached hydrogens (tertiary/aromatic N) is 2. The quantitative estimate of drug-likeness (QED) is 0.905. The molecular formula is C19H20N2O4. The molecule has 1 atom stereocenters. The maximum Gasteiger partial charge on any atom is 0.354 e.